The third kappa shape index (κ3) is 2.61. The molecular weight excluding hydrogens is 307 g/mol. The zero-order valence-corrected chi connectivity index (χ0v) is 12.0. The van der Waals surface area contributed by atoms with Gasteiger partial charge < -0.3 is 4.98 Å². The maximum absolute atomic E-state index is 11.5. The third-order valence-corrected chi connectivity index (χ3v) is 3.71. The Labute approximate surface area is 111 Å². The van der Waals surface area contributed by atoms with Crippen LogP contribution in [-0.4, -0.2) is 9.97 Å². The average Bonchev–Trinajstić information content (AvgIpc) is 2.31. The van der Waals surface area contributed by atoms with Crippen LogP contribution in [0.2, 0.25) is 5.02 Å². The molecule has 0 aliphatic carbocycles. The van der Waals surface area contributed by atoms with E-state index < -0.39 is 11.2 Å². The zero-order chi connectivity index (χ0) is 13.2. The molecule has 92 valence electrons. The van der Waals surface area contributed by atoms with Crippen molar-refractivity contribution in [1.82, 2.24) is 9.97 Å². The van der Waals surface area contributed by atoms with Gasteiger partial charge in [-0.15, -0.1) is 0 Å². The largest absolute Gasteiger partial charge is 0.326 e. The van der Waals surface area contributed by atoms with E-state index in [1.807, 2.05) is 13.8 Å². The molecule has 2 N–H and O–H groups in total. The zero-order valence-electron chi connectivity index (χ0n) is 9.65. The van der Waals surface area contributed by atoms with Gasteiger partial charge in [0.2, 0.25) is 0 Å². The molecule has 0 bridgehead atoms. The number of benzene rings is 1. The van der Waals surface area contributed by atoms with E-state index in [1.54, 1.807) is 6.92 Å². The van der Waals surface area contributed by atoms with Gasteiger partial charge in [0.25, 0.3) is 5.56 Å². The fourth-order valence-corrected chi connectivity index (χ4v) is 1.97. The molecule has 1 aromatic heterocycles. The number of nitrogens with one attached hydrogen (secondary N) is 2. The minimum absolute atomic E-state index is 0.375. The van der Waals surface area contributed by atoms with Gasteiger partial charge in [-0.1, -0.05) is 25.4 Å². The van der Waals surface area contributed by atoms with Crippen molar-refractivity contribution < 1.29 is 0 Å². The summed E-state index contributed by atoms with van der Waals surface area (Å²) in [6, 6.07) is 1.52. The van der Waals surface area contributed by atoms with Crippen LogP contribution in [0.25, 0.3) is 10.9 Å². The standard InChI is InChI=1S/C9H6BrClN2O2.C2H6/c1-3-6(10)5(11)2-4-7(3)12-9(15)13-8(4)14;1-2/h2H,1H3,(H2,12,13,14,15);1-2H3. The van der Waals surface area contributed by atoms with Gasteiger partial charge in [0.05, 0.1) is 15.9 Å². The third-order valence-electron chi connectivity index (χ3n) is 2.16. The van der Waals surface area contributed by atoms with E-state index in [1.165, 1.54) is 6.07 Å². The van der Waals surface area contributed by atoms with Crippen LogP contribution in [0.3, 0.4) is 0 Å². The Hall–Kier alpha value is -1.07. The first-order valence-corrected chi connectivity index (χ1v) is 6.28. The molecule has 6 heteroatoms. The van der Waals surface area contributed by atoms with Crippen LogP contribution in [-0.2, 0) is 0 Å². The molecule has 4 nitrogen and oxygen atoms in total. The van der Waals surface area contributed by atoms with Crippen LogP contribution in [0, 0.1) is 6.92 Å². The monoisotopic (exact) mass is 318 g/mol. The van der Waals surface area contributed by atoms with Gasteiger partial charge in [0.1, 0.15) is 0 Å². The Kier molecular flexibility index (Phi) is 4.54. The summed E-state index contributed by atoms with van der Waals surface area (Å²) >= 11 is 9.20. The van der Waals surface area contributed by atoms with Crippen molar-refractivity contribution in [3.05, 3.63) is 42.0 Å². The summed E-state index contributed by atoms with van der Waals surface area (Å²) in [4.78, 5) is 27.3. The normalized spacial score (nSPS) is 9.94. The van der Waals surface area contributed by atoms with Crippen molar-refractivity contribution in [3.8, 4) is 0 Å². The van der Waals surface area contributed by atoms with Crippen LogP contribution in [0.5, 0.6) is 0 Å². The Morgan fingerprint density at radius 3 is 2.41 bits per heavy atom. The van der Waals surface area contributed by atoms with Crippen molar-refractivity contribution in [2.24, 2.45) is 0 Å². The van der Waals surface area contributed by atoms with E-state index in [0.717, 1.165) is 5.56 Å². The van der Waals surface area contributed by atoms with Gasteiger partial charge in [-0.05, 0) is 34.5 Å². The van der Waals surface area contributed by atoms with Crippen LogP contribution < -0.4 is 11.2 Å². The average molecular weight is 320 g/mol. The summed E-state index contributed by atoms with van der Waals surface area (Å²) in [5, 5.41) is 0.817. The van der Waals surface area contributed by atoms with Crippen molar-refractivity contribution in [2.45, 2.75) is 20.8 Å². The SMILES string of the molecule is CC.Cc1c(Br)c(Cl)cc2c(=O)[nH]c(=O)[nH]c12. The molecular formula is C11H12BrClN2O2. The maximum Gasteiger partial charge on any atom is 0.326 e. The number of fused-ring (bicyclic) bond motifs is 1. The molecule has 0 atom stereocenters. The first-order valence-electron chi connectivity index (χ1n) is 5.11. The smallest absolute Gasteiger partial charge is 0.307 e. The van der Waals surface area contributed by atoms with Crippen LogP contribution >= 0.6 is 27.5 Å². The van der Waals surface area contributed by atoms with Gasteiger partial charge in [-0.25, -0.2) is 4.79 Å². The Morgan fingerprint density at radius 2 is 1.82 bits per heavy atom. The molecule has 2 aromatic rings. The predicted octanol–water partition coefficient (Wildman–Crippen LogP) is 2.97. The van der Waals surface area contributed by atoms with E-state index in [2.05, 4.69) is 25.9 Å². The van der Waals surface area contributed by atoms with Crippen molar-refractivity contribution in [3.63, 3.8) is 0 Å². The fourth-order valence-electron chi connectivity index (χ4n) is 1.41. The van der Waals surface area contributed by atoms with Crippen LogP contribution in [0.4, 0.5) is 0 Å². The minimum Gasteiger partial charge on any atom is -0.307 e. The molecule has 0 saturated heterocycles. The quantitative estimate of drug-likeness (QED) is 0.784. The lowest BCUT2D eigenvalue weighted by atomic mass is 10.1. The lowest BCUT2D eigenvalue weighted by Gasteiger charge is -2.05. The van der Waals surface area contributed by atoms with Gasteiger partial charge in [-0.3, -0.25) is 9.78 Å². The summed E-state index contributed by atoms with van der Waals surface area (Å²) in [5.74, 6) is 0. The fraction of sp³-hybridized carbons (Fsp3) is 0.273. The number of aryl methyl sites for hydroxylation is 1. The number of hydrogen-bond acceptors (Lipinski definition) is 2. The van der Waals surface area contributed by atoms with E-state index in [4.69, 9.17) is 11.6 Å². The van der Waals surface area contributed by atoms with Gasteiger partial charge >= 0.3 is 5.69 Å². The summed E-state index contributed by atoms with van der Waals surface area (Å²) < 4.78 is 0.679. The second-order valence-electron chi connectivity index (χ2n) is 3.13. The summed E-state index contributed by atoms with van der Waals surface area (Å²) in [7, 11) is 0. The molecule has 0 unspecified atom stereocenters. The molecule has 1 heterocycles. The number of aromatic amines is 2. The highest BCUT2D eigenvalue weighted by Crippen LogP contribution is 2.29. The van der Waals surface area contributed by atoms with Gasteiger partial charge in [0.15, 0.2) is 0 Å². The van der Waals surface area contributed by atoms with Gasteiger partial charge in [-0.2, -0.15) is 0 Å². The van der Waals surface area contributed by atoms with E-state index >= 15 is 0 Å². The second-order valence-corrected chi connectivity index (χ2v) is 4.33. The van der Waals surface area contributed by atoms with E-state index in [0.29, 0.717) is 20.4 Å². The topological polar surface area (TPSA) is 65.7 Å². The molecule has 17 heavy (non-hydrogen) atoms. The highest BCUT2D eigenvalue weighted by atomic mass is 79.9. The van der Waals surface area contributed by atoms with Crippen LogP contribution in [0.1, 0.15) is 19.4 Å². The Balaban J connectivity index is 0.000000686. The van der Waals surface area contributed by atoms with Crippen molar-refractivity contribution in [2.75, 3.05) is 0 Å². The second kappa shape index (κ2) is 5.51. The van der Waals surface area contributed by atoms with E-state index in [-0.39, 0.29) is 0 Å². The highest BCUT2D eigenvalue weighted by molar-refractivity contribution is 9.10. The molecule has 0 radical (unpaired) electrons. The first kappa shape index (κ1) is 14.0. The molecule has 0 aliphatic heterocycles. The van der Waals surface area contributed by atoms with Gasteiger partial charge in [0, 0.05) is 4.47 Å². The molecule has 0 amide bonds. The molecule has 0 saturated carbocycles. The number of halogens is 2. The van der Waals surface area contributed by atoms with Crippen LogP contribution in [0.15, 0.2) is 20.1 Å². The number of rotatable bonds is 0. The van der Waals surface area contributed by atoms with Crippen molar-refractivity contribution >= 4 is 38.4 Å². The number of aromatic nitrogens is 2. The molecule has 0 spiro atoms. The Morgan fingerprint density at radius 1 is 1.24 bits per heavy atom. The number of H-pyrrole nitrogens is 2. The lowest BCUT2D eigenvalue weighted by molar-refractivity contribution is 1.08. The molecule has 2 rings (SSSR count). The summed E-state index contributed by atoms with van der Waals surface area (Å²) in [5.41, 5.74) is 0.275. The highest BCUT2D eigenvalue weighted by Gasteiger charge is 2.09. The minimum atomic E-state index is -0.523. The molecule has 0 fully saturated rings. The predicted molar refractivity (Wildman–Crippen MR) is 74.0 cm³/mol. The lowest BCUT2D eigenvalue weighted by Crippen LogP contribution is -2.22. The van der Waals surface area contributed by atoms with E-state index in [9.17, 15) is 9.59 Å². The first-order chi connectivity index (χ1) is 8.00. The molecule has 1 aromatic carbocycles. The molecule has 0 aliphatic rings. The Bertz CT molecular complexity index is 661. The van der Waals surface area contributed by atoms with Crippen molar-refractivity contribution in [1.29, 1.82) is 0 Å². The summed E-state index contributed by atoms with van der Waals surface area (Å²) in [6.45, 7) is 5.77. The number of hydrogen-bond donors (Lipinski definition) is 2. The maximum atomic E-state index is 11.5. The summed E-state index contributed by atoms with van der Waals surface area (Å²) in [6.07, 6.45) is 0.